The molecule has 1 heterocycles. The smallest absolute Gasteiger partial charge is 0.105 e. The topological polar surface area (TPSA) is 6.48 Å². The second-order valence-corrected chi connectivity index (χ2v) is 8.79. The first-order valence-electron chi connectivity index (χ1n) is 12.6. The van der Waals surface area contributed by atoms with Crippen molar-refractivity contribution in [2.24, 2.45) is 0 Å². The van der Waals surface area contributed by atoms with E-state index in [1.807, 2.05) is 0 Å². The zero-order valence-corrected chi connectivity index (χ0v) is 19.3. The molecule has 29 heavy (non-hydrogen) atoms. The minimum Gasteiger partial charge on any atom is -0.356 e. The number of hydrogen-bond acceptors (Lipinski definition) is 2. The van der Waals surface area contributed by atoms with E-state index in [-0.39, 0.29) is 0 Å². The third-order valence-corrected chi connectivity index (χ3v) is 6.22. The molecule has 1 atom stereocenters. The van der Waals surface area contributed by atoms with E-state index in [0.29, 0.717) is 6.17 Å². The molecule has 0 saturated heterocycles. The standard InChI is InChI=1S/C27H46N2/c1-3-5-6-7-8-9-10-11-12-13-14-15-19-22-27-28(23-4-2)24-25-29(27)26-20-17-16-18-21-26/h16-18,20-21,24-25,27H,3-15,19,22-23H2,1-2H3. The summed E-state index contributed by atoms with van der Waals surface area (Å²) in [5.41, 5.74) is 1.32. The molecule has 0 radical (unpaired) electrons. The summed E-state index contributed by atoms with van der Waals surface area (Å²) in [6, 6.07) is 10.9. The van der Waals surface area contributed by atoms with Crippen molar-refractivity contribution in [2.75, 3.05) is 11.4 Å². The van der Waals surface area contributed by atoms with E-state index in [9.17, 15) is 0 Å². The molecule has 2 rings (SSSR count). The molecule has 2 heteroatoms. The number of hydrogen-bond donors (Lipinski definition) is 0. The molecule has 1 aromatic carbocycles. The van der Waals surface area contributed by atoms with Gasteiger partial charge in [-0.3, -0.25) is 0 Å². The molecule has 0 amide bonds. The normalized spacial score (nSPS) is 16.1. The molecule has 2 nitrogen and oxygen atoms in total. The van der Waals surface area contributed by atoms with Crippen LogP contribution >= 0.6 is 0 Å². The molecule has 0 N–H and O–H groups in total. The number of para-hydroxylation sites is 1. The largest absolute Gasteiger partial charge is 0.356 e. The highest BCUT2D eigenvalue weighted by atomic mass is 15.4. The fraction of sp³-hybridized carbons (Fsp3) is 0.704. The molecule has 0 saturated carbocycles. The molecule has 0 bridgehead atoms. The lowest BCUT2D eigenvalue weighted by molar-refractivity contribution is 0.279. The quantitative estimate of drug-likeness (QED) is 0.243. The van der Waals surface area contributed by atoms with Crippen molar-refractivity contribution in [1.82, 2.24) is 4.90 Å². The third-order valence-electron chi connectivity index (χ3n) is 6.22. The summed E-state index contributed by atoms with van der Waals surface area (Å²) < 4.78 is 0. The zero-order chi connectivity index (χ0) is 20.6. The Morgan fingerprint density at radius 3 is 1.72 bits per heavy atom. The summed E-state index contributed by atoms with van der Waals surface area (Å²) in [6.45, 7) is 5.73. The second kappa shape index (κ2) is 15.4. The molecule has 1 aliphatic rings. The van der Waals surface area contributed by atoms with Gasteiger partial charge in [0.15, 0.2) is 0 Å². The maximum Gasteiger partial charge on any atom is 0.105 e. The molecule has 0 aromatic heterocycles. The number of benzene rings is 1. The predicted octanol–water partition coefficient (Wildman–Crippen LogP) is 8.50. The van der Waals surface area contributed by atoms with Gasteiger partial charge in [0.05, 0.1) is 0 Å². The van der Waals surface area contributed by atoms with Crippen molar-refractivity contribution in [1.29, 1.82) is 0 Å². The summed E-state index contributed by atoms with van der Waals surface area (Å²) in [5, 5.41) is 0. The SMILES string of the molecule is CCCCCCCCCCCCCCCC1N(CCC)C=CN1c1ccccc1. The van der Waals surface area contributed by atoms with Crippen LogP contribution in [0.25, 0.3) is 0 Å². The van der Waals surface area contributed by atoms with Gasteiger partial charge in [-0.1, -0.05) is 109 Å². The number of anilines is 1. The van der Waals surface area contributed by atoms with Gasteiger partial charge in [0, 0.05) is 24.6 Å². The maximum absolute atomic E-state index is 2.54. The third kappa shape index (κ3) is 9.28. The lowest BCUT2D eigenvalue weighted by atomic mass is 10.0. The lowest BCUT2D eigenvalue weighted by Crippen LogP contribution is -2.39. The van der Waals surface area contributed by atoms with E-state index in [1.54, 1.807) is 0 Å². The summed E-state index contributed by atoms with van der Waals surface area (Å²) in [5.74, 6) is 0. The Bertz CT molecular complexity index is 525. The van der Waals surface area contributed by atoms with Crippen LogP contribution in [-0.2, 0) is 0 Å². The van der Waals surface area contributed by atoms with Crippen LogP contribution in [0, 0.1) is 0 Å². The van der Waals surface area contributed by atoms with Crippen LogP contribution in [0.1, 0.15) is 110 Å². The molecule has 0 fully saturated rings. The van der Waals surface area contributed by atoms with Crippen molar-refractivity contribution in [3.8, 4) is 0 Å². The first-order chi connectivity index (χ1) is 14.4. The summed E-state index contributed by atoms with van der Waals surface area (Å²) >= 11 is 0. The minimum atomic E-state index is 0.505. The number of rotatable bonds is 17. The van der Waals surface area contributed by atoms with Gasteiger partial charge in [0.2, 0.25) is 0 Å². The molecular formula is C27H46N2. The van der Waals surface area contributed by atoms with Crippen LogP contribution < -0.4 is 4.90 Å². The van der Waals surface area contributed by atoms with Gasteiger partial charge in [-0.2, -0.15) is 0 Å². The van der Waals surface area contributed by atoms with Gasteiger partial charge in [-0.15, -0.1) is 0 Å². The van der Waals surface area contributed by atoms with Gasteiger partial charge in [-0.05, 0) is 31.4 Å². The Balaban J connectivity index is 1.55. The summed E-state index contributed by atoms with van der Waals surface area (Å²) in [4.78, 5) is 5.00. The van der Waals surface area contributed by atoms with Crippen LogP contribution in [0.15, 0.2) is 42.7 Å². The van der Waals surface area contributed by atoms with Crippen molar-refractivity contribution in [3.63, 3.8) is 0 Å². The van der Waals surface area contributed by atoms with E-state index >= 15 is 0 Å². The average molecular weight is 399 g/mol. The van der Waals surface area contributed by atoms with Gasteiger partial charge >= 0.3 is 0 Å². The molecule has 0 aliphatic carbocycles. The van der Waals surface area contributed by atoms with E-state index < -0.39 is 0 Å². The predicted molar refractivity (Wildman–Crippen MR) is 129 cm³/mol. The van der Waals surface area contributed by atoms with Gasteiger partial charge < -0.3 is 9.80 Å². The van der Waals surface area contributed by atoms with E-state index in [1.165, 1.54) is 102 Å². The average Bonchev–Trinajstić information content (AvgIpc) is 3.15. The highest BCUT2D eigenvalue weighted by Gasteiger charge is 2.26. The molecule has 0 spiro atoms. The van der Waals surface area contributed by atoms with Crippen molar-refractivity contribution < 1.29 is 0 Å². The Labute approximate surface area is 181 Å². The lowest BCUT2D eigenvalue weighted by Gasteiger charge is -2.33. The minimum absolute atomic E-state index is 0.505. The number of unbranched alkanes of at least 4 members (excludes halogenated alkanes) is 12. The van der Waals surface area contributed by atoms with E-state index in [0.717, 1.165) is 6.54 Å². The van der Waals surface area contributed by atoms with Crippen LogP contribution in [0.3, 0.4) is 0 Å². The van der Waals surface area contributed by atoms with Crippen LogP contribution in [-0.4, -0.2) is 17.6 Å². The Morgan fingerprint density at radius 2 is 1.17 bits per heavy atom. The monoisotopic (exact) mass is 398 g/mol. The first kappa shape index (κ1) is 23.8. The second-order valence-electron chi connectivity index (χ2n) is 8.79. The summed E-state index contributed by atoms with van der Waals surface area (Å²) in [6.07, 6.45) is 26.1. The van der Waals surface area contributed by atoms with Crippen molar-refractivity contribution in [2.45, 2.75) is 116 Å². The molecule has 164 valence electrons. The molecule has 1 unspecified atom stereocenters. The Morgan fingerprint density at radius 1 is 0.621 bits per heavy atom. The fourth-order valence-electron chi connectivity index (χ4n) is 4.51. The van der Waals surface area contributed by atoms with Gasteiger partial charge in [0.1, 0.15) is 6.17 Å². The van der Waals surface area contributed by atoms with E-state index in [2.05, 4.69) is 66.4 Å². The van der Waals surface area contributed by atoms with Crippen molar-refractivity contribution >= 4 is 5.69 Å². The Kier molecular flexibility index (Phi) is 12.7. The van der Waals surface area contributed by atoms with Crippen molar-refractivity contribution in [3.05, 3.63) is 42.7 Å². The number of nitrogens with zero attached hydrogens (tertiary/aromatic N) is 2. The van der Waals surface area contributed by atoms with E-state index in [4.69, 9.17) is 0 Å². The zero-order valence-electron chi connectivity index (χ0n) is 19.3. The van der Waals surface area contributed by atoms with Crippen LogP contribution in [0.4, 0.5) is 5.69 Å². The highest BCUT2D eigenvalue weighted by Crippen LogP contribution is 2.28. The van der Waals surface area contributed by atoms with Crippen LogP contribution in [0.5, 0.6) is 0 Å². The fourth-order valence-corrected chi connectivity index (χ4v) is 4.51. The first-order valence-corrected chi connectivity index (χ1v) is 12.6. The highest BCUT2D eigenvalue weighted by molar-refractivity contribution is 5.51. The maximum atomic E-state index is 2.54. The van der Waals surface area contributed by atoms with Gasteiger partial charge in [0.25, 0.3) is 0 Å². The van der Waals surface area contributed by atoms with Gasteiger partial charge in [-0.25, -0.2) is 0 Å². The Hall–Kier alpha value is -1.44. The summed E-state index contributed by atoms with van der Waals surface area (Å²) in [7, 11) is 0. The molecule has 1 aromatic rings. The van der Waals surface area contributed by atoms with Crippen LogP contribution in [0.2, 0.25) is 0 Å². The molecule has 1 aliphatic heterocycles. The molecular weight excluding hydrogens is 352 g/mol.